The van der Waals surface area contributed by atoms with Crippen LogP contribution in [-0.2, 0) is 0 Å². The van der Waals surface area contributed by atoms with Crippen molar-refractivity contribution >= 4 is 27.3 Å². The number of ether oxygens (including phenoxy) is 2. The van der Waals surface area contributed by atoms with Gasteiger partial charge in [-0.25, -0.2) is 4.98 Å². The Morgan fingerprint density at radius 3 is 2.57 bits per heavy atom. The fourth-order valence-electron chi connectivity index (χ4n) is 2.09. The molecule has 4 nitrogen and oxygen atoms in total. The number of halogens is 1. The first-order valence-electron chi connectivity index (χ1n) is 6.75. The molecule has 0 bridgehead atoms. The van der Waals surface area contributed by atoms with Gasteiger partial charge in [0.25, 0.3) is 0 Å². The molecule has 0 fully saturated rings. The van der Waals surface area contributed by atoms with Crippen LogP contribution in [0.4, 0.5) is 0 Å². The van der Waals surface area contributed by atoms with E-state index in [4.69, 9.17) is 9.47 Å². The molecule has 0 amide bonds. The highest BCUT2D eigenvalue weighted by molar-refractivity contribution is 9.10. The number of methoxy groups -OCH3 is 2. The summed E-state index contributed by atoms with van der Waals surface area (Å²) in [7, 11) is 3.28. The fraction of sp³-hybridized carbons (Fsp3) is 0.400. The van der Waals surface area contributed by atoms with Crippen LogP contribution in [0.25, 0.3) is 0 Å². The van der Waals surface area contributed by atoms with Gasteiger partial charge in [-0.15, -0.1) is 11.3 Å². The average molecular weight is 371 g/mol. The van der Waals surface area contributed by atoms with Crippen molar-refractivity contribution in [3.8, 4) is 11.5 Å². The molecule has 0 saturated heterocycles. The first-order valence-corrected chi connectivity index (χ1v) is 8.42. The van der Waals surface area contributed by atoms with Crippen molar-refractivity contribution in [3.63, 3.8) is 0 Å². The normalized spacial score (nSPS) is 12.2. The third-order valence-electron chi connectivity index (χ3n) is 3.11. The van der Waals surface area contributed by atoms with Gasteiger partial charge in [-0.05, 0) is 30.7 Å². The second-order valence-electron chi connectivity index (χ2n) is 4.49. The quantitative estimate of drug-likeness (QED) is 0.799. The first-order chi connectivity index (χ1) is 10.2. The Labute approximate surface area is 137 Å². The van der Waals surface area contributed by atoms with E-state index in [1.807, 2.05) is 23.7 Å². The molecule has 0 radical (unpaired) electrons. The Morgan fingerprint density at radius 1 is 1.29 bits per heavy atom. The summed E-state index contributed by atoms with van der Waals surface area (Å²) < 4.78 is 11.7. The molecule has 114 valence electrons. The summed E-state index contributed by atoms with van der Waals surface area (Å²) in [5.74, 6) is 1.43. The number of hydrogen-bond acceptors (Lipinski definition) is 5. The second-order valence-corrected chi connectivity index (χ2v) is 6.27. The van der Waals surface area contributed by atoms with Gasteiger partial charge in [-0.3, -0.25) is 0 Å². The van der Waals surface area contributed by atoms with Crippen LogP contribution < -0.4 is 14.8 Å². The summed E-state index contributed by atoms with van der Waals surface area (Å²) >= 11 is 5.27. The van der Waals surface area contributed by atoms with Gasteiger partial charge in [0.1, 0.15) is 5.01 Å². The van der Waals surface area contributed by atoms with Crippen LogP contribution in [0.2, 0.25) is 0 Å². The molecule has 1 aromatic heterocycles. The van der Waals surface area contributed by atoms with Gasteiger partial charge in [0.2, 0.25) is 0 Å². The molecule has 21 heavy (non-hydrogen) atoms. The van der Waals surface area contributed by atoms with E-state index < -0.39 is 0 Å². The van der Waals surface area contributed by atoms with E-state index in [1.165, 1.54) is 0 Å². The number of nitrogens with one attached hydrogen (secondary N) is 1. The Hall–Kier alpha value is -1.11. The minimum absolute atomic E-state index is 0.0409. The lowest BCUT2D eigenvalue weighted by molar-refractivity contribution is 0.354. The standard InChI is InChI=1S/C15H19BrN2O2S/c1-4-5-17-14(15-18-6-7-21-15)10-8-12(19-2)13(20-3)9-11(10)16/h6-9,14,17H,4-5H2,1-3H3. The largest absolute Gasteiger partial charge is 0.493 e. The number of benzene rings is 1. The van der Waals surface area contributed by atoms with Gasteiger partial charge in [0, 0.05) is 16.0 Å². The minimum atomic E-state index is 0.0409. The molecule has 0 saturated carbocycles. The van der Waals surface area contributed by atoms with Crippen molar-refractivity contribution in [2.45, 2.75) is 19.4 Å². The summed E-state index contributed by atoms with van der Waals surface area (Å²) in [4.78, 5) is 4.45. The van der Waals surface area contributed by atoms with Crippen LogP contribution in [0.15, 0.2) is 28.2 Å². The zero-order chi connectivity index (χ0) is 15.2. The van der Waals surface area contributed by atoms with Crippen LogP contribution in [0.3, 0.4) is 0 Å². The van der Waals surface area contributed by atoms with Gasteiger partial charge in [0.15, 0.2) is 11.5 Å². The maximum absolute atomic E-state index is 5.41. The molecule has 1 atom stereocenters. The molecule has 0 spiro atoms. The van der Waals surface area contributed by atoms with Crippen LogP contribution in [0, 0.1) is 0 Å². The van der Waals surface area contributed by atoms with E-state index in [2.05, 4.69) is 33.2 Å². The second kappa shape index (κ2) is 7.77. The van der Waals surface area contributed by atoms with E-state index in [0.29, 0.717) is 5.75 Å². The Balaban J connectivity index is 2.44. The molecular formula is C15H19BrN2O2S. The Bertz CT molecular complexity index is 575. The zero-order valence-corrected chi connectivity index (χ0v) is 14.8. The molecule has 2 rings (SSSR count). The van der Waals surface area contributed by atoms with Crippen molar-refractivity contribution in [1.82, 2.24) is 10.3 Å². The highest BCUT2D eigenvalue weighted by Gasteiger charge is 2.21. The summed E-state index contributed by atoms with van der Waals surface area (Å²) in [6, 6.07) is 3.97. The van der Waals surface area contributed by atoms with Crippen LogP contribution in [-0.4, -0.2) is 25.7 Å². The van der Waals surface area contributed by atoms with E-state index in [9.17, 15) is 0 Å². The molecule has 1 heterocycles. The van der Waals surface area contributed by atoms with Crippen molar-refractivity contribution in [1.29, 1.82) is 0 Å². The van der Waals surface area contributed by atoms with Crippen LogP contribution >= 0.6 is 27.3 Å². The molecule has 0 aliphatic rings. The summed E-state index contributed by atoms with van der Waals surface area (Å²) in [6.07, 6.45) is 2.89. The minimum Gasteiger partial charge on any atom is -0.493 e. The monoisotopic (exact) mass is 370 g/mol. The zero-order valence-electron chi connectivity index (χ0n) is 12.4. The fourth-order valence-corrected chi connectivity index (χ4v) is 3.37. The number of hydrogen-bond donors (Lipinski definition) is 1. The van der Waals surface area contributed by atoms with Gasteiger partial charge in [0.05, 0.1) is 20.3 Å². The van der Waals surface area contributed by atoms with Crippen molar-refractivity contribution in [2.24, 2.45) is 0 Å². The lowest BCUT2D eigenvalue weighted by Gasteiger charge is -2.20. The molecule has 1 N–H and O–H groups in total. The molecule has 6 heteroatoms. The highest BCUT2D eigenvalue weighted by atomic mass is 79.9. The van der Waals surface area contributed by atoms with Crippen LogP contribution in [0.1, 0.15) is 30.0 Å². The first kappa shape index (κ1) is 16.3. The van der Waals surface area contributed by atoms with E-state index in [1.54, 1.807) is 25.6 Å². The number of aromatic nitrogens is 1. The Morgan fingerprint density at radius 2 is 2.00 bits per heavy atom. The highest BCUT2D eigenvalue weighted by Crippen LogP contribution is 2.38. The molecule has 1 unspecified atom stereocenters. The van der Waals surface area contributed by atoms with Crippen molar-refractivity contribution in [2.75, 3.05) is 20.8 Å². The van der Waals surface area contributed by atoms with E-state index >= 15 is 0 Å². The lowest BCUT2D eigenvalue weighted by Crippen LogP contribution is -2.23. The van der Waals surface area contributed by atoms with Gasteiger partial charge in [-0.2, -0.15) is 0 Å². The molecule has 0 aliphatic carbocycles. The third-order valence-corrected chi connectivity index (χ3v) is 4.64. The summed E-state index contributed by atoms with van der Waals surface area (Å²) in [5, 5.41) is 6.57. The SMILES string of the molecule is CCCNC(c1nccs1)c1cc(OC)c(OC)cc1Br. The number of nitrogens with zero attached hydrogens (tertiary/aromatic N) is 1. The third kappa shape index (κ3) is 3.75. The summed E-state index contributed by atoms with van der Waals surface area (Å²) in [5.41, 5.74) is 1.09. The summed E-state index contributed by atoms with van der Waals surface area (Å²) in [6.45, 7) is 3.07. The predicted octanol–water partition coefficient (Wildman–Crippen LogP) is 4.01. The van der Waals surface area contributed by atoms with Gasteiger partial charge in [-0.1, -0.05) is 22.9 Å². The van der Waals surface area contributed by atoms with Gasteiger partial charge < -0.3 is 14.8 Å². The number of rotatable bonds is 7. The van der Waals surface area contributed by atoms with Gasteiger partial charge >= 0.3 is 0 Å². The molecule has 2 aromatic rings. The van der Waals surface area contributed by atoms with E-state index in [0.717, 1.165) is 33.8 Å². The average Bonchev–Trinajstić information content (AvgIpc) is 3.02. The number of thiazole rings is 1. The van der Waals surface area contributed by atoms with Crippen molar-refractivity contribution < 1.29 is 9.47 Å². The van der Waals surface area contributed by atoms with Crippen molar-refractivity contribution in [3.05, 3.63) is 38.8 Å². The molecule has 0 aliphatic heterocycles. The topological polar surface area (TPSA) is 43.4 Å². The predicted molar refractivity (Wildman–Crippen MR) is 89.5 cm³/mol. The Kier molecular flexibility index (Phi) is 6.02. The maximum atomic E-state index is 5.41. The smallest absolute Gasteiger partial charge is 0.161 e. The van der Waals surface area contributed by atoms with Crippen LogP contribution in [0.5, 0.6) is 11.5 Å². The van der Waals surface area contributed by atoms with E-state index in [-0.39, 0.29) is 6.04 Å². The lowest BCUT2D eigenvalue weighted by atomic mass is 10.1. The molecule has 1 aromatic carbocycles. The molecular weight excluding hydrogens is 352 g/mol. The maximum Gasteiger partial charge on any atom is 0.161 e.